The molecule has 0 heterocycles. The highest BCUT2D eigenvalue weighted by molar-refractivity contribution is 4.82. The summed E-state index contributed by atoms with van der Waals surface area (Å²) in [5.74, 6) is 0. The van der Waals surface area contributed by atoms with Gasteiger partial charge in [0.15, 0.2) is 0 Å². The molecule has 0 aromatic carbocycles. The highest BCUT2D eigenvalue weighted by atomic mass is 16.3. The van der Waals surface area contributed by atoms with Gasteiger partial charge in [0.1, 0.15) is 0 Å². The number of allylic oxidation sites excluding steroid dienone is 2. The van der Waals surface area contributed by atoms with Crippen LogP contribution in [0.4, 0.5) is 0 Å². The molecule has 3 heteroatoms. The van der Waals surface area contributed by atoms with E-state index in [1.165, 1.54) is 77.0 Å². The lowest BCUT2D eigenvalue weighted by Gasteiger charge is -2.24. The number of hydrogen-bond acceptors (Lipinski definition) is 3. The Hall–Kier alpha value is -0.380. The van der Waals surface area contributed by atoms with Gasteiger partial charge >= 0.3 is 0 Å². The van der Waals surface area contributed by atoms with Crippen LogP contribution in [0, 0.1) is 0 Å². The Kier molecular flexibility index (Phi) is 17.2. The van der Waals surface area contributed by atoms with E-state index in [0.29, 0.717) is 6.42 Å². The van der Waals surface area contributed by atoms with Crippen LogP contribution in [-0.4, -0.2) is 29.0 Å². The van der Waals surface area contributed by atoms with Crippen LogP contribution in [0.3, 0.4) is 0 Å². The molecule has 0 fully saturated rings. The van der Waals surface area contributed by atoms with E-state index < -0.39 is 5.54 Å². The van der Waals surface area contributed by atoms with Crippen molar-refractivity contribution in [1.82, 2.24) is 0 Å². The molecular formula is C21H43NO2. The van der Waals surface area contributed by atoms with Gasteiger partial charge in [-0.25, -0.2) is 0 Å². The first-order chi connectivity index (χ1) is 11.7. The van der Waals surface area contributed by atoms with Crippen LogP contribution >= 0.6 is 0 Å². The maximum atomic E-state index is 9.12. The summed E-state index contributed by atoms with van der Waals surface area (Å²) in [5, 5.41) is 18.2. The van der Waals surface area contributed by atoms with Crippen molar-refractivity contribution in [3.8, 4) is 0 Å². The van der Waals surface area contributed by atoms with Crippen molar-refractivity contribution in [3.63, 3.8) is 0 Å². The van der Waals surface area contributed by atoms with E-state index in [0.717, 1.165) is 12.8 Å². The molecule has 0 spiro atoms. The Labute approximate surface area is 150 Å². The highest BCUT2D eigenvalue weighted by Crippen LogP contribution is 2.14. The van der Waals surface area contributed by atoms with Crippen LogP contribution in [-0.2, 0) is 0 Å². The summed E-state index contributed by atoms with van der Waals surface area (Å²) in [6.07, 6.45) is 23.4. The first kappa shape index (κ1) is 23.6. The minimum absolute atomic E-state index is 0.130. The number of rotatable bonds is 18. The molecule has 0 aliphatic heterocycles. The van der Waals surface area contributed by atoms with Crippen LogP contribution in [0.2, 0.25) is 0 Å². The van der Waals surface area contributed by atoms with Crippen LogP contribution in [0.5, 0.6) is 0 Å². The summed E-state index contributed by atoms with van der Waals surface area (Å²) in [5.41, 5.74) is 5.07. The summed E-state index contributed by atoms with van der Waals surface area (Å²) in [6.45, 7) is 2.00. The maximum absolute atomic E-state index is 9.12. The Morgan fingerprint density at radius 3 is 1.54 bits per heavy atom. The van der Waals surface area contributed by atoms with Gasteiger partial charge in [-0.2, -0.15) is 0 Å². The van der Waals surface area contributed by atoms with Crippen molar-refractivity contribution in [2.75, 3.05) is 13.2 Å². The number of unbranched alkanes of at least 4 members (excludes halogenated alkanes) is 12. The van der Waals surface area contributed by atoms with E-state index in [2.05, 4.69) is 19.1 Å². The minimum Gasteiger partial charge on any atom is -0.394 e. The van der Waals surface area contributed by atoms with E-state index in [-0.39, 0.29) is 13.2 Å². The molecule has 0 aromatic heterocycles. The molecule has 0 bridgehead atoms. The van der Waals surface area contributed by atoms with Gasteiger partial charge in [0.25, 0.3) is 0 Å². The van der Waals surface area contributed by atoms with Crippen molar-refractivity contribution < 1.29 is 10.2 Å². The fourth-order valence-corrected chi connectivity index (χ4v) is 2.93. The Morgan fingerprint density at radius 1 is 0.667 bits per heavy atom. The molecule has 3 nitrogen and oxygen atoms in total. The zero-order chi connectivity index (χ0) is 17.9. The number of nitrogens with two attached hydrogens (primary N) is 1. The second-order valence-corrected chi connectivity index (χ2v) is 7.37. The van der Waals surface area contributed by atoms with E-state index in [9.17, 15) is 0 Å². The maximum Gasteiger partial charge on any atom is 0.0633 e. The fraction of sp³-hybridized carbons (Fsp3) is 0.905. The second kappa shape index (κ2) is 17.4. The average Bonchev–Trinajstić information content (AvgIpc) is 2.61. The lowest BCUT2D eigenvalue weighted by atomic mass is 9.94. The molecule has 0 saturated heterocycles. The summed E-state index contributed by atoms with van der Waals surface area (Å²) in [7, 11) is 0. The van der Waals surface area contributed by atoms with Gasteiger partial charge in [-0.3, -0.25) is 0 Å². The van der Waals surface area contributed by atoms with E-state index in [1.807, 2.05) is 0 Å². The third kappa shape index (κ3) is 15.2. The molecule has 0 aliphatic carbocycles. The quantitative estimate of drug-likeness (QED) is 0.240. The van der Waals surface area contributed by atoms with Gasteiger partial charge in [0.05, 0.1) is 18.8 Å². The van der Waals surface area contributed by atoms with Crippen LogP contribution in [0.25, 0.3) is 0 Å². The predicted molar refractivity (Wildman–Crippen MR) is 105 cm³/mol. The minimum atomic E-state index is -0.777. The normalized spacial score (nSPS) is 12.3. The summed E-state index contributed by atoms with van der Waals surface area (Å²) in [6, 6.07) is 0. The van der Waals surface area contributed by atoms with Gasteiger partial charge in [-0.1, -0.05) is 83.3 Å². The van der Waals surface area contributed by atoms with Gasteiger partial charge in [-0.15, -0.1) is 0 Å². The Morgan fingerprint density at radius 2 is 1.08 bits per heavy atom. The van der Waals surface area contributed by atoms with Crippen molar-refractivity contribution in [3.05, 3.63) is 12.2 Å². The molecule has 0 aromatic rings. The summed E-state index contributed by atoms with van der Waals surface area (Å²) >= 11 is 0. The van der Waals surface area contributed by atoms with Crippen LogP contribution in [0.15, 0.2) is 12.2 Å². The summed E-state index contributed by atoms with van der Waals surface area (Å²) in [4.78, 5) is 0. The smallest absolute Gasteiger partial charge is 0.0633 e. The topological polar surface area (TPSA) is 66.5 Å². The predicted octanol–water partition coefficient (Wildman–Crippen LogP) is 5.10. The van der Waals surface area contributed by atoms with Crippen LogP contribution in [0.1, 0.15) is 103 Å². The summed E-state index contributed by atoms with van der Waals surface area (Å²) < 4.78 is 0. The molecule has 4 N–H and O–H groups in total. The van der Waals surface area contributed by atoms with Crippen molar-refractivity contribution in [1.29, 1.82) is 0 Å². The second-order valence-electron chi connectivity index (χ2n) is 7.37. The van der Waals surface area contributed by atoms with Gasteiger partial charge < -0.3 is 15.9 Å². The van der Waals surface area contributed by atoms with Gasteiger partial charge in [-0.05, 0) is 32.1 Å². The van der Waals surface area contributed by atoms with Crippen molar-refractivity contribution >= 4 is 0 Å². The van der Waals surface area contributed by atoms with Crippen molar-refractivity contribution in [2.24, 2.45) is 5.73 Å². The molecule has 24 heavy (non-hydrogen) atoms. The first-order valence-corrected chi connectivity index (χ1v) is 10.3. The third-order valence-corrected chi connectivity index (χ3v) is 4.82. The number of aliphatic hydroxyl groups is 2. The van der Waals surface area contributed by atoms with E-state index in [4.69, 9.17) is 15.9 Å². The highest BCUT2D eigenvalue weighted by Gasteiger charge is 2.21. The largest absolute Gasteiger partial charge is 0.394 e. The van der Waals surface area contributed by atoms with Gasteiger partial charge in [0, 0.05) is 0 Å². The molecule has 0 radical (unpaired) electrons. The molecular weight excluding hydrogens is 298 g/mol. The fourth-order valence-electron chi connectivity index (χ4n) is 2.93. The monoisotopic (exact) mass is 341 g/mol. The van der Waals surface area contributed by atoms with Crippen LogP contribution < -0.4 is 5.73 Å². The van der Waals surface area contributed by atoms with Crippen molar-refractivity contribution in [2.45, 2.75) is 109 Å². The lowest BCUT2D eigenvalue weighted by molar-refractivity contribution is 0.112. The average molecular weight is 342 g/mol. The zero-order valence-electron chi connectivity index (χ0n) is 16.1. The SMILES string of the molecule is CCCCCCCCC=CCCCCCCCCC(N)(CO)CO. The molecule has 0 unspecified atom stereocenters. The van der Waals surface area contributed by atoms with E-state index in [1.54, 1.807) is 0 Å². The Balaban J connectivity index is 3.23. The molecule has 144 valence electrons. The molecule has 0 rings (SSSR count). The van der Waals surface area contributed by atoms with Gasteiger partial charge in [0.2, 0.25) is 0 Å². The molecule has 0 aliphatic rings. The lowest BCUT2D eigenvalue weighted by Crippen LogP contribution is -2.47. The standard InChI is InChI=1S/C21H43NO2/c1-2-3-4-5-6-7-8-9-10-11-12-13-14-15-16-17-18-21(22,19-23)20-24/h9-10,23-24H,2-8,11-20,22H2,1H3. The first-order valence-electron chi connectivity index (χ1n) is 10.3. The molecule has 0 atom stereocenters. The molecule has 0 saturated carbocycles. The molecule has 0 amide bonds. The number of aliphatic hydroxyl groups excluding tert-OH is 2. The number of hydrogen-bond donors (Lipinski definition) is 3. The Bertz CT molecular complexity index is 275. The zero-order valence-corrected chi connectivity index (χ0v) is 16.1. The van der Waals surface area contributed by atoms with E-state index >= 15 is 0 Å². The third-order valence-electron chi connectivity index (χ3n) is 4.82.